The number of sulfone groups is 1. The summed E-state index contributed by atoms with van der Waals surface area (Å²) >= 11 is 0. The predicted molar refractivity (Wildman–Crippen MR) is 77.5 cm³/mol. The van der Waals surface area contributed by atoms with Crippen molar-refractivity contribution in [2.75, 3.05) is 12.0 Å². The largest absolute Gasteiger partial charge is 0.298 e. The molecule has 0 aliphatic heterocycles. The molecule has 1 heterocycles. The number of aldehydes is 1. The number of aromatic nitrogens is 2. The summed E-state index contributed by atoms with van der Waals surface area (Å²) in [6.45, 7) is 1.89. The third-order valence-corrected chi connectivity index (χ3v) is 3.98. The quantitative estimate of drug-likeness (QED) is 0.790. The number of hydrogen-bond donors (Lipinski definition) is 0. The van der Waals surface area contributed by atoms with Gasteiger partial charge in [-0.05, 0) is 30.7 Å². The number of rotatable bonds is 5. The van der Waals surface area contributed by atoms with Crippen molar-refractivity contribution in [2.24, 2.45) is 0 Å². The van der Waals surface area contributed by atoms with Crippen LogP contribution in [0.4, 0.5) is 4.39 Å². The van der Waals surface area contributed by atoms with Gasteiger partial charge in [-0.2, -0.15) is 5.10 Å². The summed E-state index contributed by atoms with van der Waals surface area (Å²) in [5.74, 6) is -0.421. The van der Waals surface area contributed by atoms with E-state index in [4.69, 9.17) is 0 Å². The Hall–Kier alpha value is -2.02. The number of hydrogen-bond acceptors (Lipinski definition) is 4. The second-order valence-electron chi connectivity index (χ2n) is 4.90. The minimum atomic E-state index is -3.11. The van der Waals surface area contributed by atoms with Gasteiger partial charge in [0.15, 0.2) is 6.29 Å². The highest BCUT2D eigenvalue weighted by Crippen LogP contribution is 2.25. The van der Waals surface area contributed by atoms with Gasteiger partial charge in [-0.1, -0.05) is 0 Å². The first-order valence-corrected chi connectivity index (χ1v) is 8.33. The van der Waals surface area contributed by atoms with Gasteiger partial charge in [-0.25, -0.2) is 12.8 Å². The Morgan fingerprint density at radius 1 is 1.38 bits per heavy atom. The summed E-state index contributed by atoms with van der Waals surface area (Å²) in [6, 6.07) is 4.22. The zero-order valence-corrected chi connectivity index (χ0v) is 12.5. The van der Waals surface area contributed by atoms with Crippen LogP contribution < -0.4 is 0 Å². The van der Waals surface area contributed by atoms with E-state index in [2.05, 4.69) is 5.10 Å². The molecule has 0 spiro atoms. The third-order valence-electron chi connectivity index (χ3n) is 3.05. The average molecular weight is 310 g/mol. The van der Waals surface area contributed by atoms with Gasteiger partial charge in [0.2, 0.25) is 0 Å². The standard InChI is InChI=1S/C14H15FN2O3S/c1-10-7-12(15)3-4-13(10)14-11(9-18)8-17(16-14)5-6-21(2,19)20/h3-4,7-9H,5-6H2,1-2H3. The molecular formula is C14H15FN2O3S. The lowest BCUT2D eigenvalue weighted by Gasteiger charge is -2.03. The van der Waals surface area contributed by atoms with Crippen molar-refractivity contribution < 1.29 is 17.6 Å². The molecule has 0 radical (unpaired) electrons. The monoisotopic (exact) mass is 310 g/mol. The molecule has 0 aliphatic rings. The van der Waals surface area contributed by atoms with Crippen LogP contribution in [0.15, 0.2) is 24.4 Å². The van der Waals surface area contributed by atoms with Crippen molar-refractivity contribution in [3.8, 4) is 11.3 Å². The minimum Gasteiger partial charge on any atom is -0.298 e. The fraction of sp³-hybridized carbons (Fsp3) is 0.286. The van der Waals surface area contributed by atoms with Crippen molar-refractivity contribution in [1.82, 2.24) is 9.78 Å². The molecule has 5 nitrogen and oxygen atoms in total. The Labute approximate surface area is 122 Å². The summed E-state index contributed by atoms with van der Waals surface area (Å²) < 4.78 is 36.9. The van der Waals surface area contributed by atoms with Gasteiger partial charge in [-0.15, -0.1) is 0 Å². The average Bonchev–Trinajstić information content (AvgIpc) is 2.79. The molecule has 1 aromatic heterocycles. The topological polar surface area (TPSA) is 69.0 Å². The summed E-state index contributed by atoms with van der Waals surface area (Å²) in [4.78, 5) is 11.1. The van der Waals surface area contributed by atoms with Crippen LogP contribution in [0.25, 0.3) is 11.3 Å². The van der Waals surface area contributed by atoms with Crippen LogP contribution in [0.5, 0.6) is 0 Å². The number of nitrogens with zero attached hydrogens (tertiary/aromatic N) is 2. The Morgan fingerprint density at radius 2 is 2.10 bits per heavy atom. The fourth-order valence-corrected chi connectivity index (χ4v) is 2.52. The zero-order valence-electron chi connectivity index (χ0n) is 11.7. The minimum absolute atomic E-state index is 0.0607. The van der Waals surface area contributed by atoms with Crippen LogP contribution in [-0.2, 0) is 16.4 Å². The van der Waals surface area contributed by atoms with E-state index in [1.807, 2.05) is 0 Å². The van der Waals surface area contributed by atoms with Gasteiger partial charge >= 0.3 is 0 Å². The first-order valence-electron chi connectivity index (χ1n) is 6.27. The van der Waals surface area contributed by atoms with Gasteiger partial charge in [0.05, 0.1) is 17.9 Å². The summed E-state index contributed by atoms with van der Waals surface area (Å²) in [6.07, 6.45) is 3.29. The predicted octanol–water partition coefficient (Wildman–Crippen LogP) is 1.85. The smallest absolute Gasteiger partial charge is 0.153 e. The van der Waals surface area contributed by atoms with E-state index in [9.17, 15) is 17.6 Å². The van der Waals surface area contributed by atoms with Gasteiger partial charge in [0, 0.05) is 18.0 Å². The lowest BCUT2D eigenvalue weighted by Crippen LogP contribution is -2.11. The molecule has 0 amide bonds. The van der Waals surface area contributed by atoms with Crippen molar-refractivity contribution in [2.45, 2.75) is 13.5 Å². The highest BCUT2D eigenvalue weighted by atomic mass is 32.2. The normalized spacial score (nSPS) is 11.6. The van der Waals surface area contributed by atoms with Gasteiger partial charge in [0.1, 0.15) is 21.3 Å². The molecule has 0 bridgehead atoms. The summed E-state index contributed by atoms with van der Waals surface area (Å²) in [7, 11) is -3.11. The van der Waals surface area contributed by atoms with E-state index < -0.39 is 9.84 Å². The number of halogens is 1. The first kappa shape index (κ1) is 15.4. The Bertz CT molecular complexity index is 782. The highest BCUT2D eigenvalue weighted by molar-refractivity contribution is 7.90. The van der Waals surface area contributed by atoms with E-state index in [0.717, 1.165) is 6.26 Å². The van der Waals surface area contributed by atoms with Crippen LogP contribution in [-0.4, -0.2) is 36.5 Å². The van der Waals surface area contributed by atoms with Crippen LogP contribution >= 0.6 is 0 Å². The van der Waals surface area contributed by atoms with Crippen molar-refractivity contribution in [3.05, 3.63) is 41.3 Å². The van der Waals surface area contributed by atoms with Crippen LogP contribution in [0.2, 0.25) is 0 Å². The number of aryl methyl sites for hydroxylation is 2. The van der Waals surface area contributed by atoms with Crippen molar-refractivity contribution >= 4 is 16.1 Å². The molecule has 0 saturated carbocycles. The molecule has 0 N–H and O–H groups in total. The first-order chi connectivity index (χ1) is 9.80. The second kappa shape index (κ2) is 5.77. The summed E-state index contributed by atoms with van der Waals surface area (Å²) in [5, 5.41) is 4.24. The lowest BCUT2D eigenvalue weighted by atomic mass is 10.0. The van der Waals surface area contributed by atoms with Gasteiger partial charge in [-0.3, -0.25) is 9.48 Å². The van der Waals surface area contributed by atoms with Crippen LogP contribution in [0, 0.1) is 12.7 Å². The van der Waals surface area contributed by atoms with Gasteiger partial charge < -0.3 is 0 Å². The molecule has 0 atom stereocenters. The third kappa shape index (κ3) is 3.75. The zero-order chi connectivity index (χ0) is 15.6. The summed E-state index contributed by atoms with van der Waals surface area (Å²) in [5.41, 5.74) is 2.08. The maximum atomic E-state index is 13.1. The number of carbonyl (C=O) groups excluding carboxylic acids is 1. The maximum absolute atomic E-state index is 13.1. The van der Waals surface area contributed by atoms with E-state index >= 15 is 0 Å². The molecule has 2 aromatic rings. The second-order valence-corrected chi connectivity index (χ2v) is 7.16. The fourth-order valence-electron chi connectivity index (χ4n) is 2.00. The van der Waals surface area contributed by atoms with Crippen molar-refractivity contribution in [3.63, 3.8) is 0 Å². The molecule has 0 fully saturated rings. The molecule has 0 unspecified atom stereocenters. The van der Waals surface area contributed by atoms with Crippen LogP contribution in [0.3, 0.4) is 0 Å². The number of benzene rings is 1. The lowest BCUT2D eigenvalue weighted by molar-refractivity contribution is 0.112. The molecule has 0 aliphatic carbocycles. The molecule has 7 heteroatoms. The highest BCUT2D eigenvalue weighted by Gasteiger charge is 2.14. The SMILES string of the molecule is Cc1cc(F)ccc1-c1nn(CCS(C)(=O)=O)cc1C=O. The Kier molecular flexibility index (Phi) is 4.22. The van der Waals surface area contributed by atoms with Gasteiger partial charge in [0.25, 0.3) is 0 Å². The molecule has 1 aromatic carbocycles. The Balaban J connectivity index is 2.39. The van der Waals surface area contributed by atoms with E-state index in [1.165, 1.54) is 23.0 Å². The molecular weight excluding hydrogens is 295 g/mol. The molecule has 2 rings (SSSR count). The van der Waals surface area contributed by atoms with Crippen molar-refractivity contribution in [1.29, 1.82) is 0 Å². The molecule has 112 valence electrons. The van der Waals surface area contributed by atoms with E-state index in [1.54, 1.807) is 13.0 Å². The van der Waals surface area contributed by atoms with Crippen LogP contribution in [0.1, 0.15) is 15.9 Å². The molecule has 21 heavy (non-hydrogen) atoms. The Morgan fingerprint density at radius 3 is 2.67 bits per heavy atom. The maximum Gasteiger partial charge on any atom is 0.153 e. The molecule has 0 saturated heterocycles. The van der Waals surface area contributed by atoms with E-state index in [-0.39, 0.29) is 18.1 Å². The number of carbonyl (C=O) groups is 1. The van der Waals surface area contributed by atoms with E-state index in [0.29, 0.717) is 28.7 Å².